The summed E-state index contributed by atoms with van der Waals surface area (Å²) in [6.07, 6.45) is 4.62. The molecular formula is C18H25N5O3. The van der Waals surface area contributed by atoms with Crippen molar-refractivity contribution in [3.63, 3.8) is 0 Å². The molecule has 2 amide bonds. The number of carbonyl (C=O) groups is 2. The third-order valence-corrected chi connectivity index (χ3v) is 4.75. The zero-order chi connectivity index (χ0) is 18.5. The molecule has 0 spiro atoms. The van der Waals surface area contributed by atoms with Crippen LogP contribution in [0, 0.1) is 0 Å². The number of carbonyl (C=O) groups excluding carboxylic acids is 2. The standard InChI is InChI=1S/C18H25N5O3/c1-2-16(24)21-14-4-3-9-23(14)15-6-5-13(17(19)25)18(22-15)20-12-7-10-26-11-8-12/h2,5-6,12,14H,1,3-4,7-11H2,(H2,19,25)(H,20,22)(H,21,24). The number of nitrogens with one attached hydrogen (secondary N) is 2. The predicted molar refractivity (Wildman–Crippen MR) is 98.9 cm³/mol. The number of hydrogen-bond donors (Lipinski definition) is 3. The van der Waals surface area contributed by atoms with Crippen LogP contribution in [0.1, 0.15) is 36.0 Å². The maximum Gasteiger partial charge on any atom is 0.252 e. The average Bonchev–Trinajstić information content (AvgIpc) is 3.10. The minimum Gasteiger partial charge on any atom is -0.381 e. The van der Waals surface area contributed by atoms with E-state index < -0.39 is 5.91 Å². The van der Waals surface area contributed by atoms with Crippen molar-refractivity contribution in [2.24, 2.45) is 5.73 Å². The molecule has 0 saturated carbocycles. The molecule has 3 rings (SSSR count). The number of nitrogens with two attached hydrogens (primary N) is 1. The summed E-state index contributed by atoms with van der Waals surface area (Å²) in [7, 11) is 0. The number of hydrogen-bond acceptors (Lipinski definition) is 6. The van der Waals surface area contributed by atoms with Crippen molar-refractivity contribution in [2.45, 2.75) is 37.9 Å². The van der Waals surface area contributed by atoms with Crippen LogP contribution in [-0.4, -0.2) is 48.8 Å². The lowest BCUT2D eigenvalue weighted by molar-refractivity contribution is -0.117. The molecule has 140 valence electrons. The van der Waals surface area contributed by atoms with Crippen molar-refractivity contribution in [3.8, 4) is 0 Å². The molecule has 1 aromatic rings. The summed E-state index contributed by atoms with van der Waals surface area (Å²) in [5.41, 5.74) is 5.88. The van der Waals surface area contributed by atoms with Crippen LogP contribution in [0.5, 0.6) is 0 Å². The monoisotopic (exact) mass is 359 g/mol. The van der Waals surface area contributed by atoms with Gasteiger partial charge in [-0.1, -0.05) is 6.58 Å². The lowest BCUT2D eigenvalue weighted by atomic mass is 10.1. The van der Waals surface area contributed by atoms with E-state index in [4.69, 9.17) is 10.5 Å². The van der Waals surface area contributed by atoms with Crippen LogP contribution in [0.3, 0.4) is 0 Å². The van der Waals surface area contributed by atoms with E-state index in [0.717, 1.165) is 32.2 Å². The Bertz CT molecular complexity index is 687. The van der Waals surface area contributed by atoms with Gasteiger partial charge in [0.05, 0.1) is 5.56 Å². The zero-order valence-corrected chi connectivity index (χ0v) is 14.7. The third-order valence-electron chi connectivity index (χ3n) is 4.75. The molecule has 2 saturated heterocycles. The molecule has 2 fully saturated rings. The predicted octanol–water partition coefficient (Wildman–Crippen LogP) is 1.000. The van der Waals surface area contributed by atoms with Crippen LogP contribution < -0.4 is 21.3 Å². The second-order valence-electron chi connectivity index (χ2n) is 6.52. The molecule has 2 aliphatic rings. The van der Waals surface area contributed by atoms with Gasteiger partial charge < -0.3 is 26.0 Å². The Balaban J connectivity index is 1.83. The zero-order valence-electron chi connectivity index (χ0n) is 14.7. The Morgan fingerprint density at radius 2 is 2.08 bits per heavy atom. The lowest BCUT2D eigenvalue weighted by Gasteiger charge is -2.28. The quantitative estimate of drug-likeness (QED) is 0.654. The van der Waals surface area contributed by atoms with E-state index in [9.17, 15) is 9.59 Å². The van der Waals surface area contributed by atoms with Crippen molar-refractivity contribution >= 4 is 23.5 Å². The Morgan fingerprint density at radius 3 is 2.77 bits per heavy atom. The maximum absolute atomic E-state index is 11.8. The van der Waals surface area contributed by atoms with Gasteiger partial charge in [0, 0.05) is 25.8 Å². The van der Waals surface area contributed by atoms with Gasteiger partial charge in [-0.05, 0) is 43.9 Å². The first-order valence-electron chi connectivity index (χ1n) is 8.93. The molecule has 26 heavy (non-hydrogen) atoms. The fourth-order valence-electron chi connectivity index (χ4n) is 3.37. The highest BCUT2D eigenvalue weighted by atomic mass is 16.5. The molecule has 0 radical (unpaired) electrons. The molecule has 1 unspecified atom stereocenters. The Labute approximate surface area is 152 Å². The highest BCUT2D eigenvalue weighted by Gasteiger charge is 2.28. The van der Waals surface area contributed by atoms with Gasteiger partial charge in [-0.15, -0.1) is 0 Å². The highest BCUT2D eigenvalue weighted by molar-refractivity contribution is 5.98. The second-order valence-corrected chi connectivity index (χ2v) is 6.52. The van der Waals surface area contributed by atoms with Gasteiger partial charge in [0.25, 0.3) is 5.91 Å². The molecule has 1 aromatic heterocycles. The van der Waals surface area contributed by atoms with Gasteiger partial charge in [0.2, 0.25) is 5.91 Å². The fraction of sp³-hybridized carbons (Fsp3) is 0.500. The Kier molecular flexibility index (Phi) is 5.72. The minimum absolute atomic E-state index is 0.136. The first-order valence-corrected chi connectivity index (χ1v) is 8.93. The number of pyridine rings is 1. The Hall–Kier alpha value is -2.61. The van der Waals surface area contributed by atoms with E-state index in [1.165, 1.54) is 6.08 Å². The molecule has 2 aliphatic heterocycles. The van der Waals surface area contributed by atoms with Gasteiger partial charge in [-0.25, -0.2) is 4.98 Å². The first kappa shape index (κ1) is 18.2. The van der Waals surface area contributed by atoms with Crippen molar-refractivity contribution in [1.82, 2.24) is 10.3 Å². The SMILES string of the molecule is C=CC(=O)NC1CCCN1c1ccc(C(N)=O)c(NC2CCOCC2)n1. The number of aromatic nitrogens is 1. The summed E-state index contributed by atoms with van der Waals surface area (Å²) in [6, 6.07) is 3.66. The van der Waals surface area contributed by atoms with Gasteiger partial charge in [0.1, 0.15) is 17.8 Å². The minimum atomic E-state index is -0.517. The van der Waals surface area contributed by atoms with Gasteiger partial charge in [-0.2, -0.15) is 0 Å². The highest BCUT2D eigenvalue weighted by Crippen LogP contribution is 2.26. The van der Waals surface area contributed by atoms with Gasteiger partial charge in [-0.3, -0.25) is 9.59 Å². The molecular weight excluding hydrogens is 334 g/mol. The summed E-state index contributed by atoms with van der Waals surface area (Å²) < 4.78 is 5.37. The molecule has 3 heterocycles. The number of primary amides is 1. The van der Waals surface area contributed by atoms with E-state index in [1.54, 1.807) is 12.1 Å². The summed E-state index contributed by atoms with van der Waals surface area (Å²) in [6.45, 7) is 5.64. The number of anilines is 2. The normalized spacial score (nSPS) is 20.6. The summed E-state index contributed by atoms with van der Waals surface area (Å²) in [5.74, 6) is 0.465. The van der Waals surface area contributed by atoms with Crippen molar-refractivity contribution < 1.29 is 14.3 Å². The number of amides is 2. The van der Waals surface area contributed by atoms with E-state index in [1.807, 2.05) is 4.90 Å². The fourth-order valence-corrected chi connectivity index (χ4v) is 3.37. The maximum atomic E-state index is 11.8. The van der Waals surface area contributed by atoms with Crippen LogP contribution in [0.25, 0.3) is 0 Å². The topological polar surface area (TPSA) is 110 Å². The molecule has 8 heteroatoms. The van der Waals surface area contributed by atoms with Crippen LogP contribution in [0.15, 0.2) is 24.8 Å². The lowest BCUT2D eigenvalue weighted by Crippen LogP contribution is -2.44. The molecule has 0 aromatic carbocycles. The molecule has 8 nitrogen and oxygen atoms in total. The van der Waals surface area contributed by atoms with Crippen LogP contribution in [0.2, 0.25) is 0 Å². The van der Waals surface area contributed by atoms with E-state index in [2.05, 4.69) is 22.2 Å². The van der Waals surface area contributed by atoms with Crippen molar-refractivity contribution in [2.75, 3.05) is 30.0 Å². The van der Waals surface area contributed by atoms with Crippen molar-refractivity contribution in [1.29, 1.82) is 0 Å². The second kappa shape index (κ2) is 8.18. The molecule has 0 bridgehead atoms. The average molecular weight is 359 g/mol. The third kappa shape index (κ3) is 4.13. The summed E-state index contributed by atoms with van der Waals surface area (Å²) in [5, 5.41) is 6.26. The van der Waals surface area contributed by atoms with Crippen LogP contribution in [0.4, 0.5) is 11.6 Å². The van der Waals surface area contributed by atoms with E-state index >= 15 is 0 Å². The number of rotatable bonds is 6. The Morgan fingerprint density at radius 1 is 1.31 bits per heavy atom. The molecule has 1 atom stereocenters. The number of ether oxygens (including phenoxy) is 1. The van der Waals surface area contributed by atoms with E-state index in [0.29, 0.717) is 30.4 Å². The molecule has 4 N–H and O–H groups in total. The number of nitrogens with zero attached hydrogens (tertiary/aromatic N) is 2. The van der Waals surface area contributed by atoms with E-state index in [-0.39, 0.29) is 18.1 Å². The molecule has 0 aliphatic carbocycles. The van der Waals surface area contributed by atoms with Gasteiger partial charge >= 0.3 is 0 Å². The largest absolute Gasteiger partial charge is 0.381 e. The van der Waals surface area contributed by atoms with Crippen LogP contribution >= 0.6 is 0 Å². The summed E-state index contributed by atoms with van der Waals surface area (Å²) >= 11 is 0. The first-order chi connectivity index (χ1) is 12.6. The van der Waals surface area contributed by atoms with Crippen LogP contribution in [-0.2, 0) is 9.53 Å². The summed E-state index contributed by atoms with van der Waals surface area (Å²) in [4.78, 5) is 30.1. The smallest absolute Gasteiger partial charge is 0.252 e. The van der Waals surface area contributed by atoms with Crippen molar-refractivity contribution in [3.05, 3.63) is 30.4 Å². The van der Waals surface area contributed by atoms with Gasteiger partial charge in [0.15, 0.2) is 0 Å².